The van der Waals surface area contributed by atoms with Crippen molar-refractivity contribution in [3.63, 3.8) is 0 Å². The predicted molar refractivity (Wildman–Crippen MR) is 127 cm³/mol. The van der Waals surface area contributed by atoms with E-state index in [1.54, 1.807) is 24.1 Å². The lowest BCUT2D eigenvalue weighted by Crippen LogP contribution is -2.42. The molecule has 0 radical (unpaired) electrons. The number of likely N-dealkylation sites (N-methyl/N-ethyl adjacent to an activating group) is 1. The Balaban J connectivity index is 1.55. The zero-order chi connectivity index (χ0) is 23.8. The molecule has 2 aromatic heterocycles. The molecule has 4 rings (SSSR count). The highest BCUT2D eigenvalue weighted by molar-refractivity contribution is 6.31. The van der Waals surface area contributed by atoms with Crippen LogP contribution in [0.4, 0.5) is 26.5 Å². The Labute approximate surface area is 196 Å². The van der Waals surface area contributed by atoms with Crippen LogP contribution in [0.25, 0.3) is 11.0 Å². The molecule has 1 saturated heterocycles. The number of pyridine rings is 1. The number of hydrogen-bond acceptors (Lipinski definition) is 7. The van der Waals surface area contributed by atoms with E-state index in [-0.39, 0.29) is 22.8 Å². The van der Waals surface area contributed by atoms with Crippen molar-refractivity contribution in [3.8, 4) is 0 Å². The summed E-state index contributed by atoms with van der Waals surface area (Å²) in [7, 11) is 1.76. The quantitative estimate of drug-likeness (QED) is 0.571. The highest BCUT2D eigenvalue weighted by Crippen LogP contribution is 2.29. The Morgan fingerprint density at radius 1 is 1.27 bits per heavy atom. The van der Waals surface area contributed by atoms with Crippen LogP contribution in [0.3, 0.4) is 0 Å². The number of carbonyl (C=O) groups is 1. The molecule has 1 aliphatic heterocycles. The zero-order valence-corrected chi connectivity index (χ0v) is 19.7. The van der Waals surface area contributed by atoms with E-state index in [2.05, 4.69) is 20.2 Å². The van der Waals surface area contributed by atoms with Gasteiger partial charge in [0.15, 0.2) is 11.6 Å². The highest BCUT2D eigenvalue weighted by Gasteiger charge is 2.31. The van der Waals surface area contributed by atoms with Crippen molar-refractivity contribution in [2.24, 2.45) is 0 Å². The molecule has 0 aliphatic carbocycles. The van der Waals surface area contributed by atoms with Gasteiger partial charge >= 0.3 is 6.09 Å². The van der Waals surface area contributed by atoms with E-state index in [1.807, 2.05) is 32.9 Å². The zero-order valence-electron chi connectivity index (χ0n) is 19.0. The average molecular weight is 473 g/mol. The van der Waals surface area contributed by atoms with Gasteiger partial charge in [-0.15, -0.1) is 0 Å². The van der Waals surface area contributed by atoms with Crippen LogP contribution < -0.4 is 10.2 Å². The Bertz CT molecular complexity index is 1190. The van der Waals surface area contributed by atoms with Crippen LogP contribution in [0.15, 0.2) is 36.7 Å². The fourth-order valence-electron chi connectivity index (χ4n) is 3.67. The molecule has 1 aromatic carbocycles. The van der Waals surface area contributed by atoms with E-state index in [1.165, 1.54) is 12.4 Å². The first kappa shape index (κ1) is 23.0. The second-order valence-corrected chi connectivity index (χ2v) is 9.37. The van der Waals surface area contributed by atoms with E-state index >= 15 is 0 Å². The highest BCUT2D eigenvalue weighted by atomic mass is 35.5. The summed E-state index contributed by atoms with van der Waals surface area (Å²) in [6, 6.07) is 8.45. The SMILES string of the molecule is CN(C(=O)OC(C)(C)C)C1CCN(c2ccc3ncnc(Nc4cccc(Cl)c4F)c3n2)C1. The second-order valence-electron chi connectivity index (χ2n) is 8.97. The molecule has 0 saturated carbocycles. The molecule has 3 heterocycles. The summed E-state index contributed by atoms with van der Waals surface area (Å²) in [6.07, 6.45) is 1.85. The second kappa shape index (κ2) is 8.97. The number of carbonyl (C=O) groups excluding carboxylic acids is 1. The van der Waals surface area contributed by atoms with Crippen molar-refractivity contribution < 1.29 is 13.9 Å². The van der Waals surface area contributed by atoms with Crippen LogP contribution in [0, 0.1) is 5.82 Å². The van der Waals surface area contributed by atoms with Crippen molar-refractivity contribution in [2.45, 2.75) is 38.8 Å². The maximum atomic E-state index is 14.4. The van der Waals surface area contributed by atoms with Crippen molar-refractivity contribution in [3.05, 3.63) is 47.5 Å². The maximum Gasteiger partial charge on any atom is 0.410 e. The van der Waals surface area contributed by atoms with E-state index in [4.69, 9.17) is 21.3 Å². The molecule has 174 valence electrons. The van der Waals surface area contributed by atoms with Gasteiger partial charge in [-0.1, -0.05) is 17.7 Å². The predicted octanol–water partition coefficient (Wildman–Crippen LogP) is 5.01. The largest absolute Gasteiger partial charge is 0.444 e. The van der Waals surface area contributed by atoms with Crippen LogP contribution in [-0.2, 0) is 4.74 Å². The minimum atomic E-state index is -0.561. The van der Waals surface area contributed by atoms with Crippen LogP contribution in [-0.4, -0.2) is 57.7 Å². The lowest BCUT2D eigenvalue weighted by atomic mass is 10.2. The van der Waals surface area contributed by atoms with Gasteiger partial charge in [0, 0.05) is 20.1 Å². The van der Waals surface area contributed by atoms with E-state index in [0.717, 1.165) is 18.8 Å². The van der Waals surface area contributed by atoms with Crippen LogP contribution in [0.5, 0.6) is 0 Å². The first-order valence-electron chi connectivity index (χ1n) is 10.7. The van der Waals surface area contributed by atoms with Crippen molar-refractivity contribution in [1.82, 2.24) is 19.9 Å². The molecule has 1 amide bonds. The minimum absolute atomic E-state index is 0.00234. The number of nitrogens with one attached hydrogen (secondary N) is 1. The molecule has 10 heteroatoms. The molecule has 0 bridgehead atoms. The number of hydrogen-bond donors (Lipinski definition) is 1. The van der Waals surface area contributed by atoms with Gasteiger partial charge in [-0.05, 0) is 51.5 Å². The molecule has 1 atom stereocenters. The molecule has 0 spiro atoms. The number of rotatable bonds is 4. The average Bonchev–Trinajstić information content (AvgIpc) is 3.25. The fourth-order valence-corrected chi connectivity index (χ4v) is 3.85. The number of aromatic nitrogens is 3. The summed E-state index contributed by atoms with van der Waals surface area (Å²) in [4.78, 5) is 29.5. The molecule has 1 N–H and O–H groups in total. The van der Waals surface area contributed by atoms with Gasteiger partial charge in [0.05, 0.1) is 22.3 Å². The third-order valence-corrected chi connectivity index (χ3v) is 5.68. The summed E-state index contributed by atoms with van der Waals surface area (Å²) in [6.45, 7) is 6.90. The lowest BCUT2D eigenvalue weighted by molar-refractivity contribution is 0.0238. The van der Waals surface area contributed by atoms with Gasteiger partial charge in [-0.2, -0.15) is 0 Å². The molecule has 33 heavy (non-hydrogen) atoms. The van der Waals surface area contributed by atoms with Crippen LogP contribution >= 0.6 is 11.6 Å². The third-order valence-electron chi connectivity index (χ3n) is 5.39. The van der Waals surface area contributed by atoms with E-state index in [9.17, 15) is 9.18 Å². The molecule has 1 aliphatic rings. The van der Waals surface area contributed by atoms with Gasteiger partial charge < -0.3 is 19.9 Å². The number of amides is 1. The number of benzene rings is 1. The van der Waals surface area contributed by atoms with Crippen molar-refractivity contribution in [1.29, 1.82) is 0 Å². The Hall–Kier alpha value is -3.20. The topological polar surface area (TPSA) is 83.5 Å². The Morgan fingerprint density at radius 2 is 2.06 bits per heavy atom. The van der Waals surface area contributed by atoms with Crippen molar-refractivity contribution in [2.75, 3.05) is 30.4 Å². The number of fused-ring (bicyclic) bond motifs is 1. The number of ether oxygens (including phenoxy) is 1. The fraction of sp³-hybridized carbons (Fsp3) is 0.391. The Kier molecular flexibility index (Phi) is 6.25. The molecule has 3 aromatic rings. The third kappa shape index (κ3) is 5.08. The maximum absolute atomic E-state index is 14.4. The lowest BCUT2D eigenvalue weighted by Gasteiger charge is -2.28. The molecule has 1 fully saturated rings. The normalized spacial score (nSPS) is 16.2. The summed E-state index contributed by atoms with van der Waals surface area (Å²) in [5.41, 5.74) is 0.795. The molecule has 1 unspecified atom stereocenters. The summed E-state index contributed by atoms with van der Waals surface area (Å²) in [5, 5.41) is 2.99. The van der Waals surface area contributed by atoms with Crippen LogP contribution in [0.1, 0.15) is 27.2 Å². The standard InChI is InChI=1S/C23H26ClFN6O2/c1-23(2,3)33-22(32)30(4)14-10-11-31(12-14)18-9-8-17-20(29-18)21(27-13-26-17)28-16-7-5-6-15(24)19(16)25/h5-9,13-14H,10-12H2,1-4H3,(H,26,27,28). The minimum Gasteiger partial charge on any atom is -0.444 e. The monoisotopic (exact) mass is 472 g/mol. The van der Waals surface area contributed by atoms with Gasteiger partial charge in [-0.25, -0.2) is 24.1 Å². The van der Waals surface area contributed by atoms with E-state index in [0.29, 0.717) is 23.4 Å². The number of anilines is 3. The van der Waals surface area contributed by atoms with Crippen molar-refractivity contribution >= 4 is 46.1 Å². The number of nitrogens with zero attached hydrogens (tertiary/aromatic N) is 5. The summed E-state index contributed by atoms with van der Waals surface area (Å²) >= 11 is 5.90. The van der Waals surface area contributed by atoms with Gasteiger partial charge in [0.1, 0.15) is 23.3 Å². The van der Waals surface area contributed by atoms with E-state index < -0.39 is 11.4 Å². The number of halogens is 2. The van der Waals surface area contributed by atoms with Gasteiger partial charge in [-0.3, -0.25) is 0 Å². The first-order chi connectivity index (χ1) is 15.6. The summed E-state index contributed by atoms with van der Waals surface area (Å²) < 4.78 is 19.9. The van der Waals surface area contributed by atoms with Crippen LogP contribution in [0.2, 0.25) is 5.02 Å². The first-order valence-corrected chi connectivity index (χ1v) is 11.0. The smallest absolute Gasteiger partial charge is 0.410 e. The molecule has 8 nitrogen and oxygen atoms in total. The summed E-state index contributed by atoms with van der Waals surface area (Å²) in [5.74, 6) is 0.547. The Morgan fingerprint density at radius 3 is 2.82 bits per heavy atom. The van der Waals surface area contributed by atoms with Gasteiger partial charge in [0.2, 0.25) is 0 Å². The van der Waals surface area contributed by atoms with Gasteiger partial charge in [0.25, 0.3) is 0 Å². The molecular weight excluding hydrogens is 447 g/mol. The molecular formula is C23H26ClFN6O2.